The van der Waals surface area contributed by atoms with E-state index in [1.165, 1.54) is 0 Å². The van der Waals surface area contributed by atoms with Gasteiger partial charge in [0.1, 0.15) is 12.4 Å². The van der Waals surface area contributed by atoms with Crippen LogP contribution in [0.5, 0.6) is 5.75 Å². The Morgan fingerprint density at radius 2 is 1.57 bits per heavy atom. The van der Waals surface area contributed by atoms with Gasteiger partial charge in [-0.2, -0.15) is 10.4 Å². The maximum absolute atomic E-state index is 8.95. The normalized spacial score (nSPS) is 10.5. The van der Waals surface area contributed by atoms with Gasteiger partial charge in [-0.05, 0) is 54.2 Å². The van der Waals surface area contributed by atoms with Gasteiger partial charge in [-0.3, -0.25) is 4.57 Å². The van der Waals surface area contributed by atoms with Gasteiger partial charge in [-0.1, -0.05) is 48.5 Å². The van der Waals surface area contributed by atoms with Crippen LogP contribution < -0.4 is 4.74 Å². The molecule has 4 aromatic rings. The molecule has 30 heavy (non-hydrogen) atoms. The first-order valence-electron chi connectivity index (χ1n) is 9.65. The Bertz CT molecular complexity index is 1210. The Balaban J connectivity index is 1.64. The highest BCUT2D eigenvalue weighted by atomic mass is 32.1. The summed E-state index contributed by atoms with van der Waals surface area (Å²) in [5.41, 5.74) is 2.98. The molecule has 5 nitrogen and oxygen atoms in total. The van der Waals surface area contributed by atoms with E-state index in [1.54, 1.807) is 4.68 Å². The molecule has 0 spiro atoms. The van der Waals surface area contributed by atoms with E-state index in [9.17, 15) is 0 Å². The SMILES string of the molecule is N#CCCn1nc(-c2ccc(OCc3ccccc3)cc2)n(-c2ccccc2)c1=S. The van der Waals surface area contributed by atoms with Gasteiger partial charge < -0.3 is 4.74 Å². The molecule has 0 unspecified atom stereocenters. The molecule has 0 saturated heterocycles. The Hall–Kier alpha value is -3.69. The fourth-order valence-corrected chi connectivity index (χ4v) is 3.47. The third-order valence-electron chi connectivity index (χ3n) is 4.65. The minimum Gasteiger partial charge on any atom is -0.489 e. The lowest BCUT2D eigenvalue weighted by molar-refractivity contribution is 0.306. The Morgan fingerprint density at radius 1 is 0.900 bits per heavy atom. The molecule has 3 aromatic carbocycles. The Kier molecular flexibility index (Phi) is 6.02. The number of hydrogen-bond acceptors (Lipinski definition) is 4. The van der Waals surface area contributed by atoms with E-state index in [4.69, 9.17) is 27.3 Å². The monoisotopic (exact) mass is 412 g/mol. The lowest BCUT2D eigenvalue weighted by Gasteiger charge is -2.09. The number of benzene rings is 3. The predicted octanol–water partition coefficient (Wildman–Crippen LogP) is 5.56. The van der Waals surface area contributed by atoms with E-state index in [2.05, 4.69) is 6.07 Å². The molecule has 0 aliphatic heterocycles. The van der Waals surface area contributed by atoms with Gasteiger partial charge in [-0.15, -0.1) is 0 Å². The molecule has 4 rings (SSSR count). The van der Waals surface area contributed by atoms with Crippen LogP contribution in [-0.2, 0) is 13.2 Å². The Labute approximate surface area is 180 Å². The molecule has 0 fully saturated rings. The van der Waals surface area contributed by atoms with Crippen molar-refractivity contribution in [2.45, 2.75) is 19.6 Å². The molecular formula is C24H20N4OS. The van der Waals surface area contributed by atoms with Crippen LogP contribution in [0.2, 0.25) is 0 Å². The van der Waals surface area contributed by atoms with E-state index >= 15 is 0 Å². The number of nitriles is 1. The zero-order chi connectivity index (χ0) is 20.8. The van der Waals surface area contributed by atoms with Gasteiger partial charge in [-0.25, -0.2) is 4.68 Å². The van der Waals surface area contributed by atoms with Crippen molar-refractivity contribution >= 4 is 12.2 Å². The van der Waals surface area contributed by atoms with E-state index in [0.29, 0.717) is 24.3 Å². The van der Waals surface area contributed by atoms with E-state index < -0.39 is 0 Å². The number of aryl methyl sites for hydroxylation is 1. The molecule has 0 aliphatic rings. The van der Waals surface area contributed by atoms with Gasteiger partial charge in [0.2, 0.25) is 4.77 Å². The van der Waals surface area contributed by atoms with Gasteiger partial charge in [0.25, 0.3) is 0 Å². The molecule has 0 bridgehead atoms. The summed E-state index contributed by atoms with van der Waals surface area (Å²) in [7, 11) is 0. The topological polar surface area (TPSA) is 55.8 Å². The van der Waals surface area contributed by atoms with E-state index in [-0.39, 0.29) is 0 Å². The number of hydrogen-bond donors (Lipinski definition) is 0. The second kappa shape index (κ2) is 9.21. The van der Waals surface area contributed by atoms with Crippen LogP contribution in [0.3, 0.4) is 0 Å². The molecule has 1 aromatic heterocycles. The van der Waals surface area contributed by atoms with E-state index in [0.717, 1.165) is 28.4 Å². The van der Waals surface area contributed by atoms with Crippen LogP contribution >= 0.6 is 12.2 Å². The molecule has 0 saturated carbocycles. The second-order valence-electron chi connectivity index (χ2n) is 6.71. The highest BCUT2D eigenvalue weighted by Crippen LogP contribution is 2.25. The maximum atomic E-state index is 8.95. The van der Waals surface area contributed by atoms with Crippen LogP contribution in [-0.4, -0.2) is 14.3 Å². The molecular weight excluding hydrogens is 392 g/mol. The largest absolute Gasteiger partial charge is 0.489 e. The van der Waals surface area contributed by atoms with Crippen molar-refractivity contribution in [1.82, 2.24) is 14.3 Å². The number of para-hydroxylation sites is 1. The zero-order valence-electron chi connectivity index (χ0n) is 16.3. The molecule has 0 aliphatic carbocycles. The summed E-state index contributed by atoms with van der Waals surface area (Å²) in [6.45, 7) is 0.976. The first-order valence-corrected chi connectivity index (χ1v) is 10.1. The number of nitrogens with zero attached hydrogens (tertiary/aromatic N) is 4. The summed E-state index contributed by atoms with van der Waals surface area (Å²) in [4.78, 5) is 0. The van der Waals surface area contributed by atoms with Crippen LogP contribution in [0.25, 0.3) is 17.1 Å². The Morgan fingerprint density at radius 3 is 2.23 bits per heavy atom. The fourth-order valence-electron chi connectivity index (χ4n) is 3.15. The summed E-state index contributed by atoms with van der Waals surface area (Å²) in [6.07, 6.45) is 0.353. The average Bonchev–Trinajstić information content (AvgIpc) is 3.14. The third kappa shape index (κ3) is 4.32. The number of rotatable bonds is 7. The summed E-state index contributed by atoms with van der Waals surface area (Å²) in [5, 5.41) is 13.6. The summed E-state index contributed by atoms with van der Waals surface area (Å²) < 4.78 is 10.1. The first-order chi connectivity index (χ1) is 14.8. The lowest BCUT2D eigenvalue weighted by Crippen LogP contribution is -2.01. The van der Waals surface area contributed by atoms with Crippen LogP contribution in [0.1, 0.15) is 12.0 Å². The quantitative estimate of drug-likeness (QED) is 0.373. The highest BCUT2D eigenvalue weighted by molar-refractivity contribution is 7.71. The average molecular weight is 413 g/mol. The molecule has 0 atom stereocenters. The van der Waals surface area contributed by atoms with Gasteiger partial charge in [0, 0.05) is 11.3 Å². The van der Waals surface area contributed by atoms with Crippen molar-refractivity contribution in [2.24, 2.45) is 0 Å². The van der Waals surface area contributed by atoms with Crippen LogP contribution in [0.4, 0.5) is 0 Å². The molecule has 1 heterocycles. The first kappa shape index (κ1) is 19.6. The van der Waals surface area contributed by atoms with Crippen molar-refractivity contribution in [2.75, 3.05) is 0 Å². The van der Waals surface area contributed by atoms with Gasteiger partial charge >= 0.3 is 0 Å². The molecule has 148 valence electrons. The van der Waals surface area contributed by atoms with E-state index in [1.807, 2.05) is 89.5 Å². The lowest BCUT2D eigenvalue weighted by atomic mass is 10.2. The predicted molar refractivity (Wildman–Crippen MR) is 119 cm³/mol. The minimum absolute atomic E-state index is 0.353. The van der Waals surface area contributed by atoms with Crippen molar-refractivity contribution in [1.29, 1.82) is 5.26 Å². The highest BCUT2D eigenvalue weighted by Gasteiger charge is 2.14. The van der Waals surface area contributed by atoms with Gasteiger partial charge in [0.15, 0.2) is 5.82 Å². The number of aromatic nitrogens is 3. The minimum atomic E-state index is 0.353. The fraction of sp³-hybridized carbons (Fsp3) is 0.125. The second-order valence-corrected chi connectivity index (χ2v) is 7.07. The van der Waals surface area contributed by atoms with Crippen molar-refractivity contribution in [3.63, 3.8) is 0 Å². The molecule has 0 radical (unpaired) electrons. The van der Waals surface area contributed by atoms with Gasteiger partial charge in [0.05, 0.1) is 19.0 Å². The smallest absolute Gasteiger partial charge is 0.202 e. The zero-order valence-corrected chi connectivity index (χ0v) is 17.1. The van der Waals surface area contributed by atoms with Crippen molar-refractivity contribution < 1.29 is 4.74 Å². The molecule has 0 N–H and O–H groups in total. The third-order valence-corrected chi connectivity index (χ3v) is 5.04. The molecule has 0 amide bonds. The summed E-state index contributed by atoms with van der Waals surface area (Å²) in [6, 6.07) is 29.9. The van der Waals surface area contributed by atoms with Crippen molar-refractivity contribution in [3.8, 4) is 28.9 Å². The maximum Gasteiger partial charge on any atom is 0.202 e. The standard InChI is InChI=1S/C24H20N4OS/c25-16-7-17-27-24(30)28(21-10-5-2-6-11-21)23(26-27)20-12-14-22(15-13-20)29-18-19-8-3-1-4-9-19/h1-6,8-15H,7,17-18H2. The number of ether oxygens (including phenoxy) is 1. The van der Waals surface area contributed by atoms with Crippen LogP contribution in [0.15, 0.2) is 84.9 Å². The van der Waals surface area contributed by atoms with Crippen molar-refractivity contribution in [3.05, 3.63) is 95.3 Å². The molecule has 6 heteroatoms. The summed E-state index contributed by atoms with van der Waals surface area (Å²) in [5.74, 6) is 1.52. The summed E-state index contributed by atoms with van der Waals surface area (Å²) >= 11 is 5.66. The van der Waals surface area contributed by atoms with Crippen LogP contribution in [0, 0.1) is 16.1 Å².